The summed E-state index contributed by atoms with van der Waals surface area (Å²) in [6, 6.07) is 1.63. The summed E-state index contributed by atoms with van der Waals surface area (Å²) in [4.78, 5) is 22.2. The summed E-state index contributed by atoms with van der Waals surface area (Å²) < 4.78 is 10.3. The van der Waals surface area contributed by atoms with Crippen molar-refractivity contribution in [3.05, 3.63) is 33.9 Å². The van der Waals surface area contributed by atoms with Gasteiger partial charge in [-0.2, -0.15) is 0 Å². The molecular formula is C14H18O5. The minimum Gasteiger partial charge on any atom is -0.496 e. The number of carboxylic acid groups (broad SMARTS) is 1. The summed E-state index contributed by atoms with van der Waals surface area (Å²) in [5, 5.41) is 8.71. The second-order valence-electron chi connectivity index (χ2n) is 4.52. The third-order valence-corrected chi connectivity index (χ3v) is 2.78. The van der Waals surface area contributed by atoms with E-state index in [0.29, 0.717) is 22.6 Å². The minimum absolute atomic E-state index is 0.0323. The Hall–Kier alpha value is -2.04. The molecule has 0 unspecified atom stereocenters. The Labute approximate surface area is 111 Å². The highest BCUT2D eigenvalue weighted by molar-refractivity contribution is 5.68. The van der Waals surface area contributed by atoms with Gasteiger partial charge in [0.2, 0.25) is 0 Å². The second-order valence-corrected chi connectivity index (χ2v) is 4.52. The summed E-state index contributed by atoms with van der Waals surface area (Å²) >= 11 is 0. The van der Waals surface area contributed by atoms with Gasteiger partial charge in [-0.3, -0.25) is 4.79 Å². The number of methoxy groups -OCH3 is 1. The summed E-state index contributed by atoms with van der Waals surface area (Å²) in [7, 11) is 1.48. The van der Waals surface area contributed by atoms with Crippen LogP contribution < -0.4 is 10.4 Å². The molecule has 104 valence electrons. The molecule has 1 aromatic heterocycles. The van der Waals surface area contributed by atoms with Crippen molar-refractivity contribution in [1.82, 2.24) is 0 Å². The first kappa shape index (κ1) is 15.0. The summed E-state index contributed by atoms with van der Waals surface area (Å²) in [5.41, 5.74) is 0.676. The van der Waals surface area contributed by atoms with Crippen LogP contribution in [0.1, 0.15) is 31.6 Å². The Morgan fingerprint density at radius 3 is 2.74 bits per heavy atom. The quantitative estimate of drug-likeness (QED) is 0.885. The largest absolute Gasteiger partial charge is 0.496 e. The maximum Gasteiger partial charge on any atom is 0.342 e. The van der Waals surface area contributed by atoms with Crippen LogP contribution in [-0.2, 0) is 4.79 Å². The summed E-state index contributed by atoms with van der Waals surface area (Å²) in [6.45, 7) is 5.19. The predicted molar refractivity (Wildman–Crippen MR) is 71.3 cm³/mol. The van der Waals surface area contributed by atoms with Crippen molar-refractivity contribution in [2.75, 3.05) is 7.11 Å². The number of carboxylic acids is 1. The molecule has 0 spiro atoms. The van der Waals surface area contributed by atoms with Crippen LogP contribution in [0.25, 0.3) is 5.57 Å². The molecule has 0 bridgehead atoms. The minimum atomic E-state index is -0.862. The SMILES string of the molecule is COc1cc(C(C)=C[C@H](C)CC(=O)O)oc(=O)c1C. The second kappa shape index (κ2) is 6.22. The highest BCUT2D eigenvalue weighted by Crippen LogP contribution is 2.22. The smallest absolute Gasteiger partial charge is 0.342 e. The summed E-state index contributed by atoms with van der Waals surface area (Å²) in [5.74, 6) is -0.149. The zero-order valence-electron chi connectivity index (χ0n) is 11.5. The first-order chi connectivity index (χ1) is 8.85. The van der Waals surface area contributed by atoms with Crippen molar-refractivity contribution in [2.45, 2.75) is 27.2 Å². The molecule has 0 fully saturated rings. The molecule has 1 heterocycles. The molecule has 1 rings (SSSR count). The molecule has 19 heavy (non-hydrogen) atoms. The van der Waals surface area contributed by atoms with Gasteiger partial charge in [-0.25, -0.2) is 4.79 Å². The molecule has 1 aromatic rings. The standard InChI is InChI=1S/C14H18O5/c1-8(6-13(15)16)5-9(2)11-7-12(18-4)10(3)14(17)19-11/h5,7-8H,6H2,1-4H3,(H,15,16)/t8-/m0/s1. The molecule has 0 aliphatic carbocycles. The molecule has 0 amide bonds. The molecular weight excluding hydrogens is 248 g/mol. The zero-order valence-corrected chi connectivity index (χ0v) is 11.5. The van der Waals surface area contributed by atoms with Crippen LogP contribution in [-0.4, -0.2) is 18.2 Å². The molecule has 0 aliphatic rings. The molecule has 1 N–H and O–H groups in total. The Bertz CT molecular complexity index is 553. The van der Waals surface area contributed by atoms with Crippen LogP contribution in [0.2, 0.25) is 0 Å². The lowest BCUT2D eigenvalue weighted by Crippen LogP contribution is -2.07. The van der Waals surface area contributed by atoms with Gasteiger partial charge >= 0.3 is 11.6 Å². The van der Waals surface area contributed by atoms with Gasteiger partial charge in [0.15, 0.2) is 0 Å². The van der Waals surface area contributed by atoms with E-state index in [2.05, 4.69) is 0 Å². The number of allylic oxidation sites excluding steroid dienone is 2. The van der Waals surface area contributed by atoms with E-state index in [9.17, 15) is 9.59 Å². The van der Waals surface area contributed by atoms with Crippen LogP contribution >= 0.6 is 0 Å². The molecule has 1 atom stereocenters. The lowest BCUT2D eigenvalue weighted by atomic mass is 10.0. The van der Waals surface area contributed by atoms with Crippen LogP contribution in [0, 0.1) is 12.8 Å². The van der Waals surface area contributed by atoms with E-state index in [1.807, 2.05) is 0 Å². The first-order valence-electron chi connectivity index (χ1n) is 5.94. The third-order valence-electron chi connectivity index (χ3n) is 2.78. The van der Waals surface area contributed by atoms with Gasteiger partial charge in [0.05, 0.1) is 19.1 Å². The molecule has 0 aromatic carbocycles. The van der Waals surface area contributed by atoms with Crippen molar-refractivity contribution in [3.8, 4) is 5.75 Å². The number of ether oxygens (including phenoxy) is 1. The Kier molecular flexibility index (Phi) is 4.92. The normalized spacial score (nSPS) is 13.2. The number of hydrogen-bond acceptors (Lipinski definition) is 4. The zero-order chi connectivity index (χ0) is 14.6. The van der Waals surface area contributed by atoms with Crippen molar-refractivity contribution >= 4 is 11.5 Å². The molecule has 5 nitrogen and oxygen atoms in total. The topological polar surface area (TPSA) is 76.7 Å². The number of rotatable bonds is 5. The lowest BCUT2D eigenvalue weighted by molar-refractivity contribution is -0.137. The van der Waals surface area contributed by atoms with Crippen molar-refractivity contribution in [1.29, 1.82) is 0 Å². The van der Waals surface area contributed by atoms with Crippen LogP contribution in [0.3, 0.4) is 0 Å². The van der Waals surface area contributed by atoms with Gasteiger partial charge in [0.1, 0.15) is 11.5 Å². The summed E-state index contributed by atoms with van der Waals surface area (Å²) in [6.07, 6.45) is 1.80. The Balaban J connectivity index is 3.09. The van der Waals surface area contributed by atoms with E-state index >= 15 is 0 Å². The van der Waals surface area contributed by atoms with E-state index in [-0.39, 0.29) is 12.3 Å². The van der Waals surface area contributed by atoms with Gasteiger partial charge < -0.3 is 14.3 Å². The average Bonchev–Trinajstić information content (AvgIpc) is 2.31. The lowest BCUT2D eigenvalue weighted by Gasteiger charge is -2.08. The van der Waals surface area contributed by atoms with E-state index in [1.165, 1.54) is 7.11 Å². The third kappa shape index (κ3) is 3.98. The first-order valence-corrected chi connectivity index (χ1v) is 5.94. The van der Waals surface area contributed by atoms with Gasteiger partial charge in [-0.05, 0) is 25.3 Å². The van der Waals surface area contributed by atoms with E-state index in [0.717, 1.165) is 0 Å². The molecule has 0 radical (unpaired) electrons. The van der Waals surface area contributed by atoms with Crippen LogP contribution in [0.5, 0.6) is 5.75 Å². The maximum absolute atomic E-state index is 11.6. The maximum atomic E-state index is 11.6. The Morgan fingerprint density at radius 1 is 1.58 bits per heavy atom. The fourth-order valence-electron chi connectivity index (χ4n) is 1.78. The highest BCUT2D eigenvalue weighted by Gasteiger charge is 2.11. The van der Waals surface area contributed by atoms with Crippen molar-refractivity contribution in [2.24, 2.45) is 5.92 Å². The number of aliphatic carboxylic acids is 1. The predicted octanol–water partition coefficient (Wildman–Crippen LogP) is 2.47. The van der Waals surface area contributed by atoms with Crippen molar-refractivity contribution < 1.29 is 19.1 Å². The molecule has 0 saturated carbocycles. The Morgan fingerprint density at radius 2 is 2.21 bits per heavy atom. The fraction of sp³-hybridized carbons (Fsp3) is 0.429. The fourth-order valence-corrected chi connectivity index (χ4v) is 1.78. The highest BCUT2D eigenvalue weighted by atomic mass is 16.5. The van der Waals surface area contributed by atoms with Gasteiger partial charge in [-0.1, -0.05) is 13.0 Å². The van der Waals surface area contributed by atoms with E-state index < -0.39 is 11.6 Å². The van der Waals surface area contributed by atoms with Gasteiger partial charge in [-0.15, -0.1) is 0 Å². The number of hydrogen-bond donors (Lipinski definition) is 1. The van der Waals surface area contributed by atoms with Crippen LogP contribution in [0.4, 0.5) is 0 Å². The van der Waals surface area contributed by atoms with E-state index in [4.69, 9.17) is 14.3 Å². The van der Waals surface area contributed by atoms with Crippen molar-refractivity contribution in [3.63, 3.8) is 0 Å². The van der Waals surface area contributed by atoms with Gasteiger partial charge in [0, 0.05) is 6.07 Å². The van der Waals surface area contributed by atoms with E-state index in [1.54, 1.807) is 32.9 Å². The molecule has 0 aliphatic heterocycles. The molecule has 5 heteroatoms. The average molecular weight is 266 g/mol. The monoisotopic (exact) mass is 266 g/mol. The number of carbonyl (C=O) groups is 1. The molecule has 0 saturated heterocycles. The van der Waals surface area contributed by atoms with Crippen LogP contribution in [0.15, 0.2) is 21.4 Å². The van der Waals surface area contributed by atoms with Gasteiger partial charge in [0.25, 0.3) is 0 Å².